The Hall–Kier alpha value is -0.720. The van der Waals surface area contributed by atoms with E-state index in [1.165, 1.54) is 24.4 Å². The van der Waals surface area contributed by atoms with Crippen molar-refractivity contribution in [1.29, 1.82) is 0 Å². The van der Waals surface area contributed by atoms with Crippen LogP contribution in [0.15, 0.2) is 0 Å². The summed E-state index contributed by atoms with van der Waals surface area (Å²) < 4.78 is 3.92. The number of likely N-dealkylation sites (tertiary alicyclic amines) is 1. The highest BCUT2D eigenvalue weighted by atomic mass is 32.1. The number of aromatic nitrogens is 2. The Morgan fingerprint density at radius 3 is 2.76 bits per heavy atom. The first-order valence-corrected chi connectivity index (χ1v) is 6.98. The summed E-state index contributed by atoms with van der Waals surface area (Å²) in [6, 6.07) is 0. The molecule has 2 heterocycles. The van der Waals surface area contributed by atoms with Gasteiger partial charge in [0.05, 0.1) is 0 Å². The predicted octanol–water partition coefficient (Wildman–Crippen LogP) is 1.69. The number of nitrogen functional groups attached to an aromatic ring is 1. The molecule has 0 aliphatic carbocycles. The first kappa shape index (κ1) is 12.7. The lowest BCUT2D eigenvalue weighted by Gasteiger charge is -2.33. The molecule has 0 aromatic carbocycles. The molecule has 1 aliphatic rings. The van der Waals surface area contributed by atoms with Gasteiger partial charge in [0.1, 0.15) is 10.7 Å². The van der Waals surface area contributed by atoms with Crippen molar-refractivity contribution < 1.29 is 0 Å². The van der Waals surface area contributed by atoms with E-state index in [-0.39, 0.29) is 0 Å². The van der Waals surface area contributed by atoms with Crippen LogP contribution in [0.1, 0.15) is 32.4 Å². The normalized spacial score (nSPS) is 18.8. The minimum atomic E-state index is 0.805. The second-order valence-electron chi connectivity index (χ2n) is 5.05. The van der Waals surface area contributed by atoms with Crippen LogP contribution >= 0.6 is 11.5 Å². The summed E-state index contributed by atoms with van der Waals surface area (Å²) in [6.45, 7) is 7.82. The third-order valence-electron chi connectivity index (χ3n) is 3.64. The van der Waals surface area contributed by atoms with Crippen molar-refractivity contribution in [2.75, 3.05) is 18.5 Å². The summed E-state index contributed by atoms with van der Waals surface area (Å²) in [5, 5.41) is 5.00. The summed E-state index contributed by atoms with van der Waals surface area (Å²) in [7, 11) is 0. The van der Waals surface area contributed by atoms with Gasteiger partial charge in [-0.15, -0.1) is 5.10 Å². The van der Waals surface area contributed by atoms with Crippen LogP contribution in [0.2, 0.25) is 0 Å². The number of rotatable bonds is 4. The minimum absolute atomic E-state index is 0.805. The van der Waals surface area contributed by atoms with Gasteiger partial charge in [-0.1, -0.05) is 18.3 Å². The highest BCUT2D eigenvalue weighted by Gasteiger charge is 2.22. The van der Waals surface area contributed by atoms with Gasteiger partial charge in [0.2, 0.25) is 0 Å². The van der Waals surface area contributed by atoms with E-state index in [4.69, 9.17) is 5.84 Å². The zero-order valence-corrected chi connectivity index (χ0v) is 11.3. The van der Waals surface area contributed by atoms with Crippen LogP contribution in [0.25, 0.3) is 0 Å². The second kappa shape index (κ2) is 5.75. The third-order valence-corrected chi connectivity index (χ3v) is 4.33. The number of hydrazine groups is 1. The van der Waals surface area contributed by atoms with Gasteiger partial charge in [-0.2, -0.15) is 0 Å². The molecule has 0 radical (unpaired) electrons. The molecule has 2 rings (SSSR count). The smallest absolute Gasteiger partial charge is 0.148 e. The number of nitrogens with zero attached hydrogens (tertiary/aromatic N) is 3. The first-order chi connectivity index (χ1) is 8.20. The molecule has 0 spiro atoms. The highest BCUT2D eigenvalue weighted by Crippen LogP contribution is 2.26. The van der Waals surface area contributed by atoms with E-state index >= 15 is 0 Å². The van der Waals surface area contributed by atoms with Crippen molar-refractivity contribution in [1.82, 2.24) is 14.5 Å². The molecule has 1 aliphatic heterocycles. The molecule has 1 aromatic rings. The van der Waals surface area contributed by atoms with E-state index < -0.39 is 0 Å². The summed E-state index contributed by atoms with van der Waals surface area (Å²) in [5.74, 6) is 7.11. The second-order valence-corrected chi connectivity index (χ2v) is 5.80. The molecule has 0 saturated carbocycles. The first-order valence-electron chi connectivity index (χ1n) is 6.21. The van der Waals surface area contributed by atoms with Crippen LogP contribution in [0.5, 0.6) is 0 Å². The number of hydrogen-bond donors (Lipinski definition) is 2. The van der Waals surface area contributed by atoms with Crippen molar-refractivity contribution in [3.8, 4) is 0 Å². The van der Waals surface area contributed by atoms with Crippen LogP contribution in [0.4, 0.5) is 5.00 Å². The maximum atomic E-state index is 5.42. The quantitative estimate of drug-likeness (QED) is 0.633. The van der Waals surface area contributed by atoms with Gasteiger partial charge in [0.15, 0.2) is 0 Å². The molecular weight excluding hydrogens is 234 g/mol. The van der Waals surface area contributed by atoms with E-state index in [9.17, 15) is 0 Å². The molecule has 0 amide bonds. The van der Waals surface area contributed by atoms with Crippen LogP contribution in [0, 0.1) is 11.8 Å². The zero-order chi connectivity index (χ0) is 12.3. The van der Waals surface area contributed by atoms with Crippen molar-refractivity contribution in [2.24, 2.45) is 17.7 Å². The van der Waals surface area contributed by atoms with Crippen LogP contribution in [-0.2, 0) is 6.54 Å². The van der Waals surface area contributed by atoms with E-state index in [1.54, 1.807) is 0 Å². The fraction of sp³-hybridized carbons (Fsp3) is 0.818. The summed E-state index contributed by atoms with van der Waals surface area (Å²) >= 11 is 1.32. The molecular formula is C11H21N5S. The number of nitrogens with one attached hydrogen (secondary N) is 1. The van der Waals surface area contributed by atoms with Crippen molar-refractivity contribution in [3.05, 3.63) is 5.69 Å². The zero-order valence-electron chi connectivity index (χ0n) is 10.5. The molecule has 5 nitrogen and oxygen atoms in total. The predicted molar refractivity (Wildman–Crippen MR) is 70.6 cm³/mol. The largest absolute Gasteiger partial charge is 0.313 e. The maximum Gasteiger partial charge on any atom is 0.148 e. The molecule has 1 aromatic heterocycles. The highest BCUT2D eigenvalue weighted by molar-refractivity contribution is 7.10. The van der Waals surface area contributed by atoms with Gasteiger partial charge < -0.3 is 5.43 Å². The summed E-state index contributed by atoms with van der Waals surface area (Å²) in [5.41, 5.74) is 3.63. The van der Waals surface area contributed by atoms with Gasteiger partial charge in [0, 0.05) is 18.1 Å². The standard InChI is InChI=1S/C11H21N5S/c1-8(2)9-3-5-16(6-4-9)7-10-11(13-12)17-15-14-10/h8-9,13H,3-7,12H2,1-2H3. The summed E-state index contributed by atoms with van der Waals surface area (Å²) in [6.07, 6.45) is 2.58. The van der Waals surface area contributed by atoms with E-state index in [1.807, 2.05) is 0 Å². The van der Waals surface area contributed by atoms with Gasteiger partial charge in [0.25, 0.3) is 0 Å². The van der Waals surface area contributed by atoms with Crippen LogP contribution in [0.3, 0.4) is 0 Å². The molecule has 6 heteroatoms. The monoisotopic (exact) mass is 255 g/mol. The fourth-order valence-electron chi connectivity index (χ4n) is 2.41. The maximum absolute atomic E-state index is 5.42. The van der Waals surface area contributed by atoms with Crippen molar-refractivity contribution in [2.45, 2.75) is 33.2 Å². The molecule has 3 N–H and O–H groups in total. The number of nitrogens with two attached hydrogens (primary N) is 1. The van der Waals surface area contributed by atoms with E-state index in [0.717, 1.165) is 42.2 Å². The molecule has 0 bridgehead atoms. The molecule has 0 unspecified atom stereocenters. The average molecular weight is 255 g/mol. The van der Waals surface area contributed by atoms with E-state index in [0.29, 0.717) is 0 Å². The van der Waals surface area contributed by atoms with Gasteiger partial charge in [-0.05, 0) is 37.8 Å². The van der Waals surface area contributed by atoms with Crippen LogP contribution in [-0.4, -0.2) is 27.6 Å². The van der Waals surface area contributed by atoms with Crippen molar-refractivity contribution >= 4 is 16.5 Å². The Kier molecular flexibility index (Phi) is 4.31. The molecule has 1 fully saturated rings. The van der Waals surface area contributed by atoms with Crippen LogP contribution < -0.4 is 11.3 Å². The Balaban J connectivity index is 1.86. The molecule has 0 atom stereocenters. The molecule has 96 valence electrons. The minimum Gasteiger partial charge on any atom is -0.313 e. The van der Waals surface area contributed by atoms with Gasteiger partial charge in [-0.25, -0.2) is 5.84 Å². The Morgan fingerprint density at radius 2 is 2.18 bits per heavy atom. The third kappa shape index (κ3) is 3.14. The number of hydrogen-bond acceptors (Lipinski definition) is 6. The Bertz CT molecular complexity index is 343. The number of piperidine rings is 1. The summed E-state index contributed by atoms with van der Waals surface area (Å²) in [4.78, 5) is 2.44. The number of anilines is 1. The van der Waals surface area contributed by atoms with Crippen molar-refractivity contribution in [3.63, 3.8) is 0 Å². The SMILES string of the molecule is CC(C)C1CCN(Cc2nnsc2NN)CC1. The fourth-order valence-corrected chi connectivity index (χ4v) is 2.90. The molecule has 1 saturated heterocycles. The lowest BCUT2D eigenvalue weighted by atomic mass is 9.87. The Morgan fingerprint density at radius 1 is 1.47 bits per heavy atom. The van der Waals surface area contributed by atoms with E-state index in [2.05, 4.69) is 33.8 Å². The van der Waals surface area contributed by atoms with Gasteiger partial charge >= 0.3 is 0 Å². The topological polar surface area (TPSA) is 67.1 Å². The Labute approximate surface area is 107 Å². The lowest BCUT2D eigenvalue weighted by molar-refractivity contribution is 0.151. The lowest BCUT2D eigenvalue weighted by Crippen LogP contribution is -2.35. The van der Waals surface area contributed by atoms with Gasteiger partial charge in [-0.3, -0.25) is 4.90 Å². The average Bonchev–Trinajstić information content (AvgIpc) is 2.77. The molecule has 17 heavy (non-hydrogen) atoms.